The maximum atomic E-state index is 5.71. The molecule has 2 aromatic rings. The molecule has 21 heavy (non-hydrogen) atoms. The minimum Gasteiger partial charge on any atom is -0.354 e. The number of rotatable bonds is 4. The van der Waals surface area contributed by atoms with E-state index in [9.17, 15) is 0 Å². The van der Waals surface area contributed by atoms with Crippen LogP contribution in [0.2, 0.25) is 0 Å². The van der Waals surface area contributed by atoms with Gasteiger partial charge in [0.05, 0.1) is 0 Å². The van der Waals surface area contributed by atoms with E-state index in [0.717, 1.165) is 50.8 Å². The zero-order valence-corrected chi connectivity index (χ0v) is 12.7. The second-order valence-corrected chi connectivity index (χ2v) is 5.86. The summed E-state index contributed by atoms with van der Waals surface area (Å²) in [4.78, 5) is 13.4. The van der Waals surface area contributed by atoms with Crippen molar-refractivity contribution >= 4 is 11.6 Å². The molecule has 1 aliphatic heterocycles. The molecule has 1 unspecified atom stereocenters. The highest BCUT2D eigenvalue weighted by Gasteiger charge is 2.21. The van der Waals surface area contributed by atoms with E-state index in [-0.39, 0.29) is 0 Å². The van der Waals surface area contributed by atoms with Gasteiger partial charge >= 0.3 is 0 Å². The van der Waals surface area contributed by atoms with E-state index in [1.165, 1.54) is 0 Å². The molecule has 114 valence electrons. The van der Waals surface area contributed by atoms with Crippen LogP contribution in [0, 0.1) is 12.8 Å². The molecule has 7 nitrogen and oxygen atoms in total. The fraction of sp³-hybridized carbons (Fsp3) is 0.643. The number of aryl methyl sites for hydroxylation is 1. The summed E-state index contributed by atoms with van der Waals surface area (Å²) in [6.07, 6.45) is 1.56. The highest BCUT2D eigenvalue weighted by atomic mass is 15.4. The van der Waals surface area contributed by atoms with Gasteiger partial charge in [0, 0.05) is 44.5 Å². The van der Waals surface area contributed by atoms with Gasteiger partial charge in [0.15, 0.2) is 0 Å². The van der Waals surface area contributed by atoms with Crippen LogP contribution in [0.5, 0.6) is 0 Å². The lowest BCUT2D eigenvalue weighted by molar-refractivity contribution is 0.226. The molecule has 3 heterocycles. The van der Waals surface area contributed by atoms with E-state index in [1.54, 1.807) is 6.33 Å². The minimum atomic E-state index is 0.557. The minimum absolute atomic E-state index is 0.557. The molecule has 0 aliphatic carbocycles. The summed E-state index contributed by atoms with van der Waals surface area (Å²) in [7, 11) is 0. The number of nitrogens with zero attached hydrogens (tertiary/aromatic N) is 6. The molecular formula is C14H23N7. The lowest BCUT2D eigenvalue weighted by Crippen LogP contribution is -2.48. The summed E-state index contributed by atoms with van der Waals surface area (Å²) < 4.78 is 1.82. The molecule has 0 radical (unpaired) electrons. The van der Waals surface area contributed by atoms with Crippen LogP contribution >= 0.6 is 0 Å². The van der Waals surface area contributed by atoms with E-state index in [1.807, 2.05) is 11.4 Å². The number of hydrogen-bond acceptors (Lipinski definition) is 6. The van der Waals surface area contributed by atoms with Crippen molar-refractivity contribution in [3.63, 3.8) is 0 Å². The Morgan fingerprint density at radius 3 is 2.76 bits per heavy atom. The second kappa shape index (κ2) is 5.95. The molecule has 2 N–H and O–H groups in total. The third-order valence-electron chi connectivity index (χ3n) is 4.03. The lowest BCUT2D eigenvalue weighted by atomic mass is 10.1. The first-order valence-electron chi connectivity index (χ1n) is 7.52. The van der Waals surface area contributed by atoms with Crippen LogP contribution in [0.1, 0.15) is 12.6 Å². The molecule has 7 heteroatoms. The topological polar surface area (TPSA) is 75.6 Å². The number of anilines is 1. The Morgan fingerprint density at radius 1 is 1.29 bits per heavy atom. The van der Waals surface area contributed by atoms with E-state index >= 15 is 0 Å². The number of fused-ring (bicyclic) bond motifs is 1. The van der Waals surface area contributed by atoms with Crippen LogP contribution < -0.4 is 10.6 Å². The van der Waals surface area contributed by atoms with Crippen molar-refractivity contribution in [2.45, 2.75) is 13.8 Å². The Hall–Kier alpha value is -1.73. The van der Waals surface area contributed by atoms with Crippen molar-refractivity contribution in [3.8, 4) is 0 Å². The van der Waals surface area contributed by atoms with Gasteiger partial charge in [-0.3, -0.25) is 4.90 Å². The highest BCUT2D eigenvalue weighted by molar-refractivity contribution is 5.47. The van der Waals surface area contributed by atoms with Gasteiger partial charge in [0.25, 0.3) is 5.78 Å². The molecule has 1 atom stereocenters. The van der Waals surface area contributed by atoms with Crippen molar-refractivity contribution in [1.29, 1.82) is 0 Å². The SMILES string of the molecule is Cc1cc(N2CCN(CC(C)CN)CC2)n2ncnc2n1. The molecule has 1 aliphatic rings. The van der Waals surface area contributed by atoms with Gasteiger partial charge in [0.2, 0.25) is 0 Å². The summed E-state index contributed by atoms with van der Waals surface area (Å²) in [5, 5.41) is 4.29. The van der Waals surface area contributed by atoms with Gasteiger partial charge in [-0.25, -0.2) is 4.98 Å². The van der Waals surface area contributed by atoms with E-state index < -0.39 is 0 Å². The number of hydrogen-bond donors (Lipinski definition) is 1. The molecule has 0 spiro atoms. The van der Waals surface area contributed by atoms with Crippen molar-refractivity contribution in [2.24, 2.45) is 11.7 Å². The summed E-state index contributed by atoms with van der Waals surface area (Å²) in [5.74, 6) is 2.31. The molecule has 1 fully saturated rings. The third kappa shape index (κ3) is 2.98. The maximum absolute atomic E-state index is 5.71. The molecule has 2 aromatic heterocycles. The summed E-state index contributed by atoms with van der Waals surface area (Å²) in [6, 6.07) is 2.08. The maximum Gasteiger partial charge on any atom is 0.254 e. The molecule has 0 saturated carbocycles. The lowest BCUT2D eigenvalue weighted by Gasteiger charge is -2.36. The predicted octanol–water partition coefficient (Wildman–Crippen LogP) is 0.150. The first-order chi connectivity index (χ1) is 10.2. The van der Waals surface area contributed by atoms with E-state index in [0.29, 0.717) is 11.7 Å². The standard InChI is InChI=1S/C14H23N7/c1-11(8-15)9-19-3-5-20(6-4-19)13-7-12(2)18-14-16-10-17-21(13)14/h7,10-11H,3-6,8-9,15H2,1-2H3. The van der Waals surface area contributed by atoms with Gasteiger partial charge in [-0.1, -0.05) is 6.92 Å². The van der Waals surface area contributed by atoms with Crippen molar-refractivity contribution in [2.75, 3.05) is 44.2 Å². The van der Waals surface area contributed by atoms with Gasteiger partial charge in [0.1, 0.15) is 12.1 Å². The smallest absolute Gasteiger partial charge is 0.254 e. The fourth-order valence-electron chi connectivity index (χ4n) is 2.81. The van der Waals surface area contributed by atoms with Gasteiger partial charge < -0.3 is 10.6 Å². The quantitative estimate of drug-likeness (QED) is 0.863. The van der Waals surface area contributed by atoms with Crippen molar-refractivity contribution in [3.05, 3.63) is 18.1 Å². The highest BCUT2D eigenvalue weighted by Crippen LogP contribution is 2.18. The Labute approximate surface area is 124 Å². The van der Waals surface area contributed by atoms with Crippen molar-refractivity contribution < 1.29 is 0 Å². The normalized spacial score (nSPS) is 18.3. The number of piperazine rings is 1. The third-order valence-corrected chi connectivity index (χ3v) is 4.03. The largest absolute Gasteiger partial charge is 0.354 e. The molecule has 0 aromatic carbocycles. The van der Waals surface area contributed by atoms with Crippen LogP contribution in [0.25, 0.3) is 5.78 Å². The van der Waals surface area contributed by atoms with E-state index in [4.69, 9.17) is 5.73 Å². The monoisotopic (exact) mass is 289 g/mol. The number of nitrogens with two attached hydrogens (primary N) is 1. The van der Waals surface area contributed by atoms with E-state index in [2.05, 4.69) is 37.9 Å². The Balaban J connectivity index is 1.72. The van der Waals surface area contributed by atoms with Crippen LogP contribution in [-0.2, 0) is 0 Å². The predicted molar refractivity (Wildman–Crippen MR) is 82.4 cm³/mol. The average molecular weight is 289 g/mol. The van der Waals surface area contributed by atoms with Gasteiger partial charge in [-0.2, -0.15) is 14.6 Å². The average Bonchev–Trinajstić information content (AvgIpc) is 2.95. The second-order valence-electron chi connectivity index (χ2n) is 5.86. The fourth-order valence-corrected chi connectivity index (χ4v) is 2.81. The van der Waals surface area contributed by atoms with Crippen LogP contribution in [0.4, 0.5) is 5.82 Å². The Morgan fingerprint density at radius 2 is 2.05 bits per heavy atom. The van der Waals surface area contributed by atoms with Crippen LogP contribution in [0.3, 0.4) is 0 Å². The summed E-state index contributed by atoms with van der Waals surface area (Å²) >= 11 is 0. The van der Waals surface area contributed by atoms with Crippen molar-refractivity contribution in [1.82, 2.24) is 24.5 Å². The Kier molecular flexibility index (Phi) is 4.03. The molecule has 3 rings (SSSR count). The molecule has 0 amide bonds. The molecule has 1 saturated heterocycles. The summed E-state index contributed by atoms with van der Waals surface area (Å²) in [6.45, 7) is 10.1. The first kappa shape index (κ1) is 14.2. The van der Waals surface area contributed by atoms with Gasteiger partial charge in [-0.15, -0.1) is 0 Å². The zero-order chi connectivity index (χ0) is 14.8. The summed E-state index contributed by atoms with van der Waals surface area (Å²) in [5.41, 5.74) is 6.69. The number of aromatic nitrogens is 4. The molecular weight excluding hydrogens is 266 g/mol. The first-order valence-corrected chi connectivity index (χ1v) is 7.52. The van der Waals surface area contributed by atoms with Gasteiger partial charge in [-0.05, 0) is 19.4 Å². The molecule has 0 bridgehead atoms. The van der Waals surface area contributed by atoms with Crippen LogP contribution in [0.15, 0.2) is 12.4 Å². The van der Waals surface area contributed by atoms with Crippen LogP contribution in [-0.4, -0.2) is 63.8 Å². The zero-order valence-electron chi connectivity index (χ0n) is 12.7. The Bertz CT molecular complexity index is 600.